The van der Waals surface area contributed by atoms with Crippen LogP contribution < -0.4 is 0 Å². The van der Waals surface area contributed by atoms with Crippen molar-refractivity contribution in [2.45, 2.75) is 33.2 Å². The Labute approximate surface area is 148 Å². The number of hydrogen-bond acceptors (Lipinski definition) is 3. The molecule has 3 heteroatoms. The molecule has 3 nitrogen and oxygen atoms in total. The van der Waals surface area contributed by atoms with Gasteiger partial charge >= 0.3 is 0 Å². The molecule has 0 saturated carbocycles. The van der Waals surface area contributed by atoms with Crippen molar-refractivity contribution < 1.29 is 4.42 Å². The van der Waals surface area contributed by atoms with Crippen LogP contribution in [0.25, 0.3) is 22.1 Å². The van der Waals surface area contributed by atoms with E-state index in [1.807, 2.05) is 24.4 Å². The summed E-state index contributed by atoms with van der Waals surface area (Å²) in [5.74, 6) is 0.484. The van der Waals surface area contributed by atoms with E-state index >= 15 is 0 Å². The maximum Gasteiger partial charge on any atom is 0.160 e. The van der Waals surface area contributed by atoms with Gasteiger partial charge in [0.2, 0.25) is 0 Å². The van der Waals surface area contributed by atoms with Gasteiger partial charge in [0.05, 0.1) is 5.54 Å². The predicted molar refractivity (Wildman–Crippen MR) is 103 cm³/mol. The number of likely N-dealkylation sites (N-methyl/N-ethyl adjacent to an activating group) is 1. The van der Waals surface area contributed by atoms with E-state index in [0.717, 1.165) is 27.6 Å². The smallest absolute Gasteiger partial charge is 0.160 e. The first-order chi connectivity index (χ1) is 11.9. The van der Waals surface area contributed by atoms with Crippen LogP contribution in [-0.2, 0) is 5.54 Å². The lowest BCUT2D eigenvalue weighted by molar-refractivity contribution is 0.257. The quantitative estimate of drug-likeness (QED) is 0.616. The second kappa shape index (κ2) is 5.48. The van der Waals surface area contributed by atoms with Crippen LogP contribution in [0.4, 0.5) is 0 Å². The van der Waals surface area contributed by atoms with Gasteiger partial charge in [0, 0.05) is 30.4 Å². The molecule has 25 heavy (non-hydrogen) atoms. The van der Waals surface area contributed by atoms with Gasteiger partial charge in [-0.2, -0.15) is 0 Å². The highest BCUT2D eigenvalue weighted by Gasteiger charge is 2.35. The molecule has 1 aromatic carbocycles. The lowest BCUT2D eigenvalue weighted by atomic mass is 9.82. The molecule has 1 aliphatic rings. The minimum absolute atomic E-state index is 0.270. The maximum atomic E-state index is 6.28. The van der Waals surface area contributed by atoms with Crippen molar-refractivity contribution in [3.05, 3.63) is 65.5 Å². The van der Waals surface area contributed by atoms with E-state index in [9.17, 15) is 0 Å². The van der Waals surface area contributed by atoms with Crippen LogP contribution in [-0.4, -0.2) is 16.9 Å². The SMILES string of the molecule is Cc1cnc2c(oc3ccccc32)c1C1(C)C=C(C(C)C)C=CN1C. The van der Waals surface area contributed by atoms with Gasteiger partial charge in [0.25, 0.3) is 0 Å². The molecular formula is C22H24N2O. The second-order valence-electron chi connectivity index (χ2n) is 7.47. The molecule has 0 spiro atoms. The summed E-state index contributed by atoms with van der Waals surface area (Å²) >= 11 is 0. The van der Waals surface area contributed by atoms with E-state index in [0.29, 0.717) is 5.92 Å². The average Bonchev–Trinajstić information content (AvgIpc) is 2.95. The summed E-state index contributed by atoms with van der Waals surface area (Å²) in [4.78, 5) is 6.94. The monoisotopic (exact) mass is 332 g/mol. The lowest BCUT2D eigenvalue weighted by Gasteiger charge is -2.40. The van der Waals surface area contributed by atoms with Crippen molar-refractivity contribution in [2.75, 3.05) is 7.05 Å². The average molecular weight is 332 g/mol. The van der Waals surface area contributed by atoms with E-state index in [-0.39, 0.29) is 5.54 Å². The normalized spacial score (nSPS) is 20.7. The summed E-state index contributed by atoms with van der Waals surface area (Å²) < 4.78 is 6.28. The van der Waals surface area contributed by atoms with E-state index in [1.165, 1.54) is 11.1 Å². The van der Waals surface area contributed by atoms with Crippen molar-refractivity contribution >= 4 is 22.1 Å². The second-order valence-corrected chi connectivity index (χ2v) is 7.47. The zero-order valence-electron chi connectivity index (χ0n) is 15.5. The Morgan fingerprint density at radius 3 is 2.72 bits per heavy atom. The predicted octanol–water partition coefficient (Wildman–Crippen LogP) is 5.55. The Bertz CT molecular complexity index is 1030. The van der Waals surface area contributed by atoms with Crippen LogP contribution in [0.1, 0.15) is 31.9 Å². The molecule has 1 unspecified atom stereocenters. The fourth-order valence-corrected chi connectivity index (χ4v) is 3.80. The van der Waals surface area contributed by atoms with Gasteiger partial charge in [0.15, 0.2) is 5.58 Å². The van der Waals surface area contributed by atoms with Crippen LogP contribution in [0.15, 0.2) is 58.8 Å². The van der Waals surface area contributed by atoms with Gasteiger partial charge in [-0.15, -0.1) is 0 Å². The van der Waals surface area contributed by atoms with E-state index in [2.05, 4.69) is 69.0 Å². The number of rotatable bonds is 2. The molecule has 3 heterocycles. The summed E-state index contributed by atoms with van der Waals surface area (Å²) in [5.41, 5.74) is 6.15. The van der Waals surface area contributed by atoms with Crippen molar-refractivity contribution in [3.8, 4) is 0 Å². The largest absolute Gasteiger partial charge is 0.454 e. The molecular weight excluding hydrogens is 308 g/mol. The molecule has 1 aliphatic heterocycles. The number of fused-ring (bicyclic) bond motifs is 3. The molecule has 0 aliphatic carbocycles. The van der Waals surface area contributed by atoms with Gasteiger partial charge in [-0.25, -0.2) is 0 Å². The standard InChI is InChI=1S/C22H24N2O/c1-14(2)16-10-11-24(5)22(4,12-16)19-15(3)13-23-20-17-8-6-7-9-18(17)25-21(19)20/h6-14H,1-5H3. The highest BCUT2D eigenvalue weighted by molar-refractivity contribution is 6.03. The Hall–Kier alpha value is -2.55. The van der Waals surface area contributed by atoms with Crippen molar-refractivity contribution in [1.29, 1.82) is 0 Å². The minimum Gasteiger partial charge on any atom is -0.454 e. The highest BCUT2D eigenvalue weighted by atomic mass is 16.3. The van der Waals surface area contributed by atoms with Gasteiger partial charge < -0.3 is 9.32 Å². The van der Waals surface area contributed by atoms with Crippen molar-refractivity contribution in [3.63, 3.8) is 0 Å². The first-order valence-corrected chi connectivity index (χ1v) is 8.83. The number of para-hydroxylation sites is 1. The van der Waals surface area contributed by atoms with Crippen LogP contribution in [0.3, 0.4) is 0 Å². The minimum atomic E-state index is -0.270. The summed E-state index contributed by atoms with van der Waals surface area (Å²) in [6, 6.07) is 8.13. The number of allylic oxidation sites excluding steroid dienone is 2. The highest BCUT2D eigenvalue weighted by Crippen LogP contribution is 2.42. The Morgan fingerprint density at radius 1 is 1.20 bits per heavy atom. The van der Waals surface area contributed by atoms with Gasteiger partial charge in [-0.1, -0.05) is 32.1 Å². The zero-order chi connectivity index (χ0) is 17.8. The molecule has 0 amide bonds. The molecule has 0 radical (unpaired) electrons. The fraction of sp³-hybridized carbons (Fsp3) is 0.318. The molecule has 3 aromatic rings. The molecule has 1 atom stereocenters. The van der Waals surface area contributed by atoms with E-state index in [4.69, 9.17) is 4.42 Å². The summed E-state index contributed by atoms with van der Waals surface area (Å²) in [5, 5.41) is 1.07. The van der Waals surface area contributed by atoms with Crippen molar-refractivity contribution in [2.24, 2.45) is 5.92 Å². The molecule has 0 saturated heterocycles. The Balaban J connectivity index is 2.06. The van der Waals surface area contributed by atoms with Gasteiger partial charge in [-0.3, -0.25) is 4.98 Å². The molecule has 128 valence electrons. The third kappa shape index (κ3) is 2.30. The first kappa shape index (κ1) is 15.9. The molecule has 2 aromatic heterocycles. The Morgan fingerprint density at radius 2 is 1.96 bits per heavy atom. The third-order valence-corrected chi connectivity index (χ3v) is 5.42. The van der Waals surface area contributed by atoms with Crippen molar-refractivity contribution in [1.82, 2.24) is 9.88 Å². The van der Waals surface area contributed by atoms with Crippen LogP contribution >= 0.6 is 0 Å². The number of aromatic nitrogens is 1. The molecule has 0 bridgehead atoms. The molecule has 0 N–H and O–H groups in total. The first-order valence-electron chi connectivity index (χ1n) is 8.83. The fourth-order valence-electron chi connectivity index (χ4n) is 3.80. The zero-order valence-corrected chi connectivity index (χ0v) is 15.5. The molecule has 0 fully saturated rings. The number of pyridine rings is 1. The summed E-state index contributed by atoms with van der Waals surface area (Å²) in [6.45, 7) is 8.85. The summed E-state index contributed by atoms with van der Waals surface area (Å²) in [6.07, 6.45) is 8.72. The van der Waals surface area contributed by atoms with Crippen LogP contribution in [0.5, 0.6) is 0 Å². The van der Waals surface area contributed by atoms with E-state index < -0.39 is 0 Å². The Kier molecular flexibility index (Phi) is 3.50. The van der Waals surface area contributed by atoms with Gasteiger partial charge in [0.1, 0.15) is 11.1 Å². The maximum absolute atomic E-state index is 6.28. The van der Waals surface area contributed by atoms with Crippen LogP contribution in [0.2, 0.25) is 0 Å². The topological polar surface area (TPSA) is 29.3 Å². The number of hydrogen-bond donors (Lipinski definition) is 0. The lowest BCUT2D eigenvalue weighted by Crippen LogP contribution is -2.39. The third-order valence-electron chi connectivity index (χ3n) is 5.42. The number of furan rings is 1. The number of benzene rings is 1. The molecule has 4 rings (SSSR count). The summed E-state index contributed by atoms with van der Waals surface area (Å²) in [7, 11) is 2.12. The van der Waals surface area contributed by atoms with E-state index in [1.54, 1.807) is 0 Å². The number of aryl methyl sites for hydroxylation is 1. The van der Waals surface area contributed by atoms with Gasteiger partial charge in [-0.05, 0) is 49.1 Å². The number of nitrogens with zero attached hydrogens (tertiary/aromatic N) is 2. The van der Waals surface area contributed by atoms with Crippen LogP contribution in [0, 0.1) is 12.8 Å².